The molecule has 0 radical (unpaired) electrons. The number of allylic oxidation sites excluding steroid dienone is 2. The number of hydrogen-bond acceptors (Lipinski definition) is 2. The van der Waals surface area contributed by atoms with E-state index in [2.05, 4.69) is 22.8 Å². The summed E-state index contributed by atoms with van der Waals surface area (Å²) in [6.07, 6.45) is 7.19. The molecule has 0 fully saturated rings. The lowest BCUT2D eigenvalue weighted by Gasteiger charge is -2.18. The fourth-order valence-electron chi connectivity index (χ4n) is 2.19. The lowest BCUT2D eigenvalue weighted by molar-refractivity contribution is 0.0696. The molecule has 0 heterocycles. The summed E-state index contributed by atoms with van der Waals surface area (Å²) in [6, 6.07) is 2.87. The van der Waals surface area contributed by atoms with E-state index in [1.54, 1.807) is 0 Å². The number of halogens is 1. The van der Waals surface area contributed by atoms with Crippen molar-refractivity contribution in [3.05, 3.63) is 41.7 Å². The fourth-order valence-corrected chi connectivity index (χ4v) is 2.19. The summed E-state index contributed by atoms with van der Waals surface area (Å²) < 4.78 is 13.7. The molecule has 2 rings (SSSR count). The zero-order chi connectivity index (χ0) is 15.2. The molecule has 6 heteroatoms. The molecule has 1 aliphatic rings. The molecule has 112 valence electrons. The highest BCUT2D eigenvalue weighted by molar-refractivity contribution is 5.91. The summed E-state index contributed by atoms with van der Waals surface area (Å²) in [7, 11) is 0. The van der Waals surface area contributed by atoms with Crippen molar-refractivity contribution in [1.29, 1.82) is 0 Å². The van der Waals surface area contributed by atoms with Gasteiger partial charge < -0.3 is 15.7 Å². The molecule has 5 nitrogen and oxygen atoms in total. The average molecular weight is 292 g/mol. The number of amides is 2. The van der Waals surface area contributed by atoms with E-state index >= 15 is 0 Å². The van der Waals surface area contributed by atoms with E-state index in [0.717, 1.165) is 25.3 Å². The van der Waals surface area contributed by atoms with Gasteiger partial charge in [0.1, 0.15) is 5.82 Å². The van der Waals surface area contributed by atoms with Crippen molar-refractivity contribution in [3.8, 4) is 0 Å². The van der Waals surface area contributed by atoms with Crippen molar-refractivity contribution in [2.24, 2.45) is 5.92 Å². The zero-order valence-electron chi connectivity index (χ0n) is 11.4. The summed E-state index contributed by atoms with van der Waals surface area (Å²) in [5.41, 5.74) is -0.200. The Morgan fingerprint density at radius 2 is 2.14 bits per heavy atom. The summed E-state index contributed by atoms with van der Waals surface area (Å²) in [6.45, 7) is 0.533. The van der Waals surface area contributed by atoms with Gasteiger partial charge in [-0.15, -0.1) is 0 Å². The molecule has 1 aliphatic carbocycles. The van der Waals surface area contributed by atoms with Crippen molar-refractivity contribution in [3.63, 3.8) is 0 Å². The Kier molecular flexibility index (Phi) is 4.92. The minimum absolute atomic E-state index is 0.0407. The van der Waals surface area contributed by atoms with E-state index in [-0.39, 0.29) is 11.3 Å². The third-order valence-electron chi connectivity index (χ3n) is 3.39. The van der Waals surface area contributed by atoms with Crippen LogP contribution in [0.15, 0.2) is 30.4 Å². The SMILES string of the molecule is O=C(NCC1CC=CCC1)Nc1ccc(C(=O)O)cc1F. The molecule has 3 N–H and O–H groups in total. The number of aromatic carboxylic acids is 1. The number of benzene rings is 1. The van der Waals surface area contributed by atoms with Crippen LogP contribution in [0.25, 0.3) is 0 Å². The normalized spacial score (nSPS) is 17.3. The Bertz CT molecular complexity index is 572. The van der Waals surface area contributed by atoms with Crippen LogP contribution < -0.4 is 10.6 Å². The van der Waals surface area contributed by atoms with Crippen molar-refractivity contribution in [1.82, 2.24) is 5.32 Å². The van der Waals surface area contributed by atoms with Crippen LogP contribution in [-0.4, -0.2) is 23.7 Å². The van der Waals surface area contributed by atoms with E-state index in [9.17, 15) is 14.0 Å². The monoisotopic (exact) mass is 292 g/mol. The Morgan fingerprint density at radius 3 is 2.76 bits per heavy atom. The molecule has 2 amide bonds. The second kappa shape index (κ2) is 6.88. The maximum Gasteiger partial charge on any atom is 0.335 e. The van der Waals surface area contributed by atoms with Gasteiger partial charge in [0.2, 0.25) is 0 Å². The highest BCUT2D eigenvalue weighted by Gasteiger charge is 2.13. The second-order valence-corrected chi connectivity index (χ2v) is 4.99. The van der Waals surface area contributed by atoms with E-state index in [0.29, 0.717) is 12.5 Å². The lowest BCUT2D eigenvalue weighted by atomic mass is 9.94. The molecule has 0 bridgehead atoms. The first-order chi connectivity index (χ1) is 10.1. The van der Waals surface area contributed by atoms with Gasteiger partial charge in [0.25, 0.3) is 0 Å². The first-order valence-corrected chi connectivity index (χ1v) is 6.79. The molecule has 0 aliphatic heterocycles. The zero-order valence-corrected chi connectivity index (χ0v) is 11.4. The van der Waals surface area contributed by atoms with Crippen LogP contribution in [0.5, 0.6) is 0 Å². The van der Waals surface area contributed by atoms with Gasteiger partial charge >= 0.3 is 12.0 Å². The first kappa shape index (κ1) is 15.0. The summed E-state index contributed by atoms with van der Waals surface area (Å²) in [4.78, 5) is 22.4. The molecule has 1 aromatic carbocycles. The average Bonchev–Trinajstić information content (AvgIpc) is 2.48. The molecule has 0 saturated heterocycles. The van der Waals surface area contributed by atoms with E-state index < -0.39 is 17.8 Å². The smallest absolute Gasteiger partial charge is 0.335 e. The highest BCUT2D eigenvalue weighted by Crippen LogP contribution is 2.18. The van der Waals surface area contributed by atoms with Crippen LogP contribution >= 0.6 is 0 Å². The number of carbonyl (C=O) groups is 2. The molecular weight excluding hydrogens is 275 g/mol. The number of anilines is 1. The van der Waals surface area contributed by atoms with Crippen LogP contribution in [0, 0.1) is 11.7 Å². The molecule has 0 saturated carbocycles. The molecule has 0 spiro atoms. The van der Waals surface area contributed by atoms with Gasteiger partial charge in [-0.05, 0) is 43.4 Å². The number of hydrogen-bond donors (Lipinski definition) is 3. The van der Waals surface area contributed by atoms with Crippen molar-refractivity contribution >= 4 is 17.7 Å². The molecule has 1 unspecified atom stereocenters. The van der Waals surface area contributed by atoms with Crippen LogP contribution in [-0.2, 0) is 0 Å². The van der Waals surface area contributed by atoms with Gasteiger partial charge in [0.15, 0.2) is 0 Å². The van der Waals surface area contributed by atoms with Gasteiger partial charge in [-0.1, -0.05) is 12.2 Å². The molecule has 1 aromatic rings. The molecule has 0 aromatic heterocycles. The number of carboxylic acid groups (broad SMARTS) is 1. The number of nitrogens with one attached hydrogen (secondary N) is 2. The predicted octanol–water partition coefficient (Wildman–Crippen LogP) is 3.00. The molecule has 1 atom stereocenters. The summed E-state index contributed by atoms with van der Waals surface area (Å²) >= 11 is 0. The topological polar surface area (TPSA) is 78.4 Å². The standard InChI is InChI=1S/C15H17FN2O3/c16-12-8-11(14(19)20)6-7-13(12)18-15(21)17-9-10-4-2-1-3-5-10/h1-2,6-8,10H,3-5,9H2,(H,19,20)(H2,17,18,21). The van der Waals surface area contributed by atoms with Crippen LogP contribution in [0.3, 0.4) is 0 Å². The second-order valence-electron chi connectivity index (χ2n) is 4.99. The lowest BCUT2D eigenvalue weighted by Crippen LogP contribution is -2.33. The Labute approximate surface area is 121 Å². The minimum atomic E-state index is -1.21. The number of urea groups is 1. The van der Waals surface area contributed by atoms with E-state index in [1.165, 1.54) is 12.1 Å². The number of carboxylic acids is 1. The molecule has 21 heavy (non-hydrogen) atoms. The summed E-state index contributed by atoms with van der Waals surface area (Å²) in [5.74, 6) is -1.58. The number of carbonyl (C=O) groups excluding carboxylic acids is 1. The van der Waals surface area contributed by atoms with Crippen molar-refractivity contribution < 1.29 is 19.1 Å². The van der Waals surface area contributed by atoms with E-state index in [4.69, 9.17) is 5.11 Å². The third kappa shape index (κ3) is 4.30. The Hall–Kier alpha value is -2.37. The van der Waals surface area contributed by atoms with Gasteiger partial charge in [-0.3, -0.25) is 0 Å². The van der Waals surface area contributed by atoms with Gasteiger partial charge in [0.05, 0.1) is 11.3 Å². The fraction of sp³-hybridized carbons (Fsp3) is 0.333. The first-order valence-electron chi connectivity index (χ1n) is 6.79. The maximum atomic E-state index is 13.7. The largest absolute Gasteiger partial charge is 0.478 e. The van der Waals surface area contributed by atoms with E-state index in [1.807, 2.05) is 0 Å². The minimum Gasteiger partial charge on any atom is -0.478 e. The van der Waals surface area contributed by atoms with Crippen LogP contribution in [0.4, 0.5) is 14.9 Å². The molecular formula is C15H17FN2O3. The summed E-state index contributed by atoms with van der Waals surface area (Å²) in [5, 5.41) is 13.8. The highest BCUT2D eigenvalue weighted by atomic mass is 19.1. The van der Waals surface area contributed by atoms with Crippen LogP contribution in [0.2, 0.25) is 0 Å². The maximum absolute atomic E-state index is 13.7. The van der Waals surface area contributed by atoms with Crippen LogP contribution in [0.1, 0.15) is 29.6 Å². The van der Waals surface area contributed by atoms with Crippen molar-refractivity contribution in [2.75, 3.05) is 11.9 Å². The number of rotatable bonds is 4. The quantitative estimate of drug-likeness (QED) is 0.746. The van der Waals surface area contributed by atoms with Gasteiger partial charge in [-0.2, -0.15) is 0 Å². The van der Waals surface area contributed by atoms with Gasteiger partial charge in [0, 0.05) is 6.54 Å². The van der Waals surface area contributed by atoms with Gasteiger partial charge in [-0.25, -0.2) is 14.0 Å². The Balaban J connectivity index is 1.87. The predicted molar refractivity (Wildman–Crippen MR) is 76.9 cm³/mol. The van der Waals surface area contributed by atoms with Crippen molar-refractivity contribution in [2.45, 2.75) is 19.3 Å². The third-order valence-corrected chi connectivity index (χ3v) is 3.39. The Morgan fingerprint density at radius 1 is 1.33 bits per heavy atom.